The summed E-state index contributed by atoms with van der Waals surface area (Å²) >= 11 is 0. The van der Waals surface area contributed by atoms with Crippen LogP contribution in [0.15, 0.2) is 58.8 Å². The zero-order valence-corrected chi connectivity index (χ0v) is 89.5. The van der Waals surface area contributed by atoms with Gasteiger partial charge in [-0.3, -0.25) is 14.4 Å². The van der Waals surface area contributed by atoms with E-state index in [1.165, 1.54) is 61.8 Å². The highest BCUT2D eigenvalue weighted by atomic mass is 28.4. The SMILES string of the molecule is C.C.C.C=C1CCC2[C@H](CN)C([C@@]3(C)C[C@@H](O)[C@@H](O)C[C@@H]3CO[Si](C)(C)C(C)(C)C)CC[C@]12C.C=C1CCC2[C@H](CN)C([C@@]3(C)C[C@@H](O)[C@@H](O)C[C@@H]3CO[Si](C)(C)C(C)(C)C)CC[C@]12C.C=C1CCC2[C@H](CN=[N+]=[N-])C([C@@]3(C)C[C@@H](O)[C@@H](O)C[C@@H]3CO[Si](C)(C)C(C)(C)C)CC[C@]12C.C=C1CCC2[C@H](CN=[N+]=[N-])C([C@@]3(C)C[C@@H](OC(C)=O)[C@@H](OC(C)=O)C[C@@H]3CO)CC[C@]12C.CC(=O)O. The van der Waals surface area contributed by atoms with E-state index in [0.29, 0.717) is 151 Å². The van der Waals surface area contributed by atoms with Crippen LogP contribution in [0, 0.1) is 138 Å². The summed E-state index contributed by atoms with van der Waals surface area (Å²) in [4.78, 5) is 38.7. The fraction of sp³-hybridized carbons (Fsp3) is 0.897. The van der Waals surface area contributed by atoms with Crippen LogP contribution in [-0.2, 0) is 37.1 Å². The van der Waals surface area contributed by atoms with Crippen LogP contribution in [0.2, 0.25) is 54.4 Å². The number of esters is 2. The number of aliphatic hydroxyl groups is 7. The van der Waals surface area contributed by atoms with Crippen LogP contribution in [0.3, 0.4) is 0 Å². The van der Waals surface area contributed by atoms with Gasteiger partial charge < -0.3 is 75.1 Å². The summed E-state index contributed by atoms with van der Waals surface area (Å²) < 4.78 is 31.2. The molecule has 12 aliphatic rings. The van der Waals surface area contributed by atoms with Crippen LogP contribution in [-0.4, -0.2) is 185 Å². The average molecular weight is 1940 g/mol. The van der Waals surface area contributed by atoms with E-state index in [1.54, 1.807) is 0 Å². The molecule has 24 nitrogen and oxygen atoms in total. The van der Waals surface area contributed by atoms with Gasteiger partial charge >= 0.3 is 11.9 Å². The van der Waals surface area contributed by atoms with E-state index in [9.17, 15) is 45.3 Å². The third-order valence-corrected chi connectivity index (χ3v) is 54.1. The van der Waals surface area contributed by atoms with Gasteiger partial charge in [0, 0.05) is 70.1 Å². The van der Waals surface area contributed by atoms with Crippen molar-refractivity contribution in [2.45, 2.75) is 418 Å². The summed E-state index contributed by atoms with van der Waals surface area (Å²) in [6, 6.07) is 0. The van der Waals surface area contributed by atoms with Crippen LogP contribution >= 0.6 is 0 Å². The van der Waals surface area contributed by atoms with E-state index in [2.05, 4.69) is 203 Å². The maximum Gasteiger partial charge on any atom is 0.303 e. The van der Waals surface area contributed by atoms with Crippen molar-refractivity contribution in [3.8, 4) is 0 Å². The largest absolute Gasteiger partial charge is 0.481 e. The molecule has 774 valence electrons. The summed E-state index contributed by atoms with van der Waals surface area (Å²) in [5.41, 5.74) is 36.5. The van der Waals surface area contributed by atoms with Gasteiger partial charge in [-0.1, -0.05) is 199 Å². The van der Waals surface area contributed by atoms with Crippen molar-refractivity contribution >= 4 is 42.9 Å². The molecule has 27 heteroatoms. The summed E-state index contributed by atoms with van der Waals surface area (Å²) in [7, 11) is -5.72. The molecule has 0 amide bonds. The number of nitrogens with zero attached hydrogens (tertiary/aromatic N) is 6. The highest BCUT2D eigenvalue weighted by molar-refractivity contribution is 6.75. The molecule has 0 aromatic rings. The van der Waals surface area contributed by atoms with Gasteiger partial charge in [0.05, 0.1) is 36.6 Å². The van der Waals surface area contributed by atoms with Crippen molar-refractivity contribution in [3.05, 3.63) is 69.5 Å². The van der Waals surface area contributed by atoms with Gasteiger partial charge in [-0.2, -0.15) is 0 Å². The number of carbonyl (C=O) groups is 3. The Morgan fingerprint density at radius 2 is 0.642 bits per heavy atom. The third-order valence-electron chi connectivity index (χ3n) is 40.6. The molecule has 12 fully saturated rings. The summed E-state index contributed by atoms with van der Waals surface area (Å²) in [5.74, 6) is 3.60. The normalized spacial score (nSPS) is 40.9. The minimum atomic E-state index is -1.94. The predicted molar refractivity (Wildman–Crippen MR) is 551 cm³/mol. The van der Waals surface area contributed by atoms with Crippen LogP contribution in [0.4, 0.5) is 0 Å². The molecule has 12 saturated carbocycles. The Bertz CT molecular complexity index is 3930. The highest BCUT2D eigenvalue weighted by Gasteiger charge is 2.64. The first-order valence-electron chi connectivity index (χ1n) is 50.6. The molecule has 12 rings (SSSR count). The molecule has 0 aliphatic heterocycles. The zero-order chi connectivity index (χ0) is 98.9. The van der Waals surface area contributed by atoms with E-state index >= 15 is 0 Å². The Morgan fingerprint density at radius 1 is 0.403 bits per heavy atom. The van der Waals surface area contributed by atoms with Gasteiger partial charge in [-0.05, 0) is 371 Å². The monoisotopic (exact) mass is 1940 g/mol. The molecule has 32 atom stereocenters. The number of nitrogens with two attached hydrogens (primary N) is 2. The Kier molecular flexibility index (Phi) is 41.6. The first-order chi connectivity index (χ1) is 60.3. The lowest BCUT2D eigenvalue weighted by atomic mass is 9.49. The van der Waals surface area contributed by atoms with Crippen LogP contribution < -0.4 is 11.5 Å². The molecule has 0 bridgehead atoms. The molecular weight excluding hydrogens is 1740 g/mol. The molecule has 0 heterocycles. The van der Waals surface area contributed by atoms with Gasteiger partial charge in [-0.25, -0.2) is 0 Å². The Balaban J connectivity index is 0.000000309. The number of hydrogen-bond acceptors (Lipinski definition) is 19. The highest BCUT2D eigenvalue weighted by Crippen LogP contribution is 2.69. The number of ether oxygens (including phenoxy) is 2. The minimum absolute atomic E-state index is 0. The number of fused-ring (bicyclic) bond motifs is 4. The van der Waals surface area contributed by atoms with Gasteiger partial charge in [0.25, 0.3) is 5.97 Å². The molecule has 0 aromatic heterocycles. The van der Waals surface area contributed by atoms with Gasteiger partial charge in [0.15, 0.2) is 25.0 Å². The molecule has 8 unspecified atom stereocenters. The van der Waals surface area contributed by atoms with Crippen molar-refractivity contribution in [1.29, 1.82) is 0 Å². The number of carboxylic acids is 1. The van der Waals surface area contributed by atoms with Crippen molar-refractivity contribution in [1.82, 2.24) is 0 Å². The van der Waals surface area contributed by atoms with E-state index in [4.69, 9.17) is 55.2 Å². The lowest BCUT2D eigenvalue weighted by Gasteiger charge is -2.57. The fourth-order valence-electron chi connectivity index (χ4n) is 28.4. The molecule has 0 radical (unpaired) electrons. The standard InChI is InChI=1S/C26H47N3O3Si.2C26H49NO3Si.C24H37N3O5.C2H4O2.3CH4/c1-17-9-10-20-19(15-28-29-27)21(11-12-25(17,20)5)26(6)14-23(31)22(30)13-18(26)16-32-33(7,8)24(2,3)4;2*1-17-9-10-20-19(15-27)21(11-12-25(17,20)5)26(6)14-23(29)22(28)13-18(26)16-30-31(7,8)24(2,3)4;1-14-6-7-19-18(12-26-27-25)20(8-9-23(14,19)4)24(5)11-22(32-16(3)30)21(31-15(2)29)10-17(24)13-28;1-2(3)4;;;/h18-23,30-31H,1,9-16H2,2-8H3;2*18-23,28-29H,1,9-16,27H2,2-8H3;17-22,28H,1,6-13H2,2-5H3;1H3,(H,3,4);3*1H4/t3*18-,19+,20?,21?,22+,23-,25-,26+;17-,18+,19?,20?,21+,22-,23-,24+;;;;/m1111..../s1. The van der Waals surface area contributed by atoms with Crippen molar-refractivity contribution in [2.75, 3.05) is 52.6 Å². The van der Waals surface area contributed by atoms with Crippen LogP contribution in [0.5, 0.6) is 0 Å². The van der Waals surface area contributed by atoms with E-state index < -0.39 is 91.7 Å². The molecule has 0 aromatic carbocycles. The first-order valence-corrected chi connectivity index (χ1v) is 59.3. The van der Waals surface area contributed by atoms with E-state index in [1.807, 2.05) is 0 Å². The second-order valence-corrected chi connectivity index (χ2v) is 64.8. The van der Waals surface area contributed by atoms with Crippen molar-refractivity contribution < 1.29 is 78.0 Å². The lowest BCUT2D eigenvalue weighted by Crippen LogP contribution is -2.56. The second kappa shape index (κ2) is 46.3. The maximum absolute atomic E-state index is 11.8. The molecule has 12 aliphatic carbocycles. The number of aliphatic carboxylic acids is 1. The smallest absolute Gasteiger partial charge is 0.303 e. The number of aliphatic hydroxyl groups excluding tert-OH is 7. The zero-order valence-electron chi connectivity index (χ0n) is 86.5. The fourth-order valence-corrected chi connectivity index (χ4v) is 31.6. The van der Waals surface area contributed by atoms with Crippen molar-refractivity contribution in [2.24, 2.45) is 160 Å². The molecule has 12 N–H and O–H groups in total. The van der Waals surface area contributed by atoms with Gasteiger partial charge in [-0.15, -0.1) is 0 Å². The molecule has 134 heavy (non-hydrogen) atoms. The predicted octanol–water partition coefficient (Wildman–Crippen LogP) is 23.2. The maximum atomic E-state index is 11.8. The number of rotatable bonds is 22. The quantitative estimate of drug-likeness (QED) is 0.0120. The lowest BCUT2D eigenvalue weighted by molar-refractivity contribution is -0.188. The molecular formula is C107H198N8O16Si3. The third kappa shape index (κ3) is 25.1. The summed E-state index contributed by atoms with van der Waals surface area (Å²) in [6.45, 7) is 78.4. The molecule has 0 spiro atoms. The summed E-state index contributed by atoms with van der Waals surface area (Å²) in [6.07, 6.45) is 16.9. The Morgan fingerprint density at radius 3 is 0.873 bits per heavy atom. The Hall–Kier alpha value is -3.84. The van der Waals surface area contributed by atoms with Gasteiger partial charge in [0.1, 0.15) is 12.2 Å². The van der Waals surface area contributed by atoms with Gasteiger partial charge in [0.2, 0.25) is 0 Å². The number of azide groups is 2. The number of allylic oxidation sites excluding steroid dienone is 4. The number of carbonyl (C=O) groups excluding carboxylic acids is 2. The molecule has 0 saturated heterocycles. The van der Waals surface area contributed by atoms with E-state index in [-0.39, 0.29) is 129 Å². The summed E-state index contributed by atoms with van der Waals surface area (Å²) in [5, 5.41) is 90.4. The van der Waals surface area contributed by atoms with Crippen molar-refractivity contribution in [3.63, 3.8) is 0 Å². The minimum Gasteiger partial charge on any atom is -0.481 e. The number of hydrogen-bond donors (Lipinski definition) is 10. The second-order valence-electron chi connectivity index (χ2n) is 50.4. The Labute approximate surface area is 816 Å². The van der Waals surface area contributed by atoms with E-state index in [0.717, 1.165) is 84.0 Å². The first kappa shape index (κ1) is 121. The average Bonchev–Trinajstić information content (AvgIpc) is 1.47. The van der Waals surface area contributed by atoms with Crippen LogP contribution in [0.25, 0.3) is 20.9 Å². The van der Waals surface area contributed by atoms with Crippen LogP contribution in [0.1, 0.15) is 315 Å². The topological polar surface area (TPSA) is 409 Å². The number of carboxylic acid groups (broad SMARTS) is 1.